The van der Waals surface area contributed by atoms with Crippen molar-refractivity contribution in [2.24, 2.45) is 0 Å². The molecular formula is C21H20ClN5OS. The minimum absolute atomic E-state index is 0.367. The van der Waals surface area contributed by atoms with E-state index in [1.54, 1.807) is 13.2 Å². The molecule has 0 unspecified atom stereocenters. The van der Waals surface area contributed by atoms with Gasteiger partial charge in [0.1, 0.15) is 16.7 Å². The lowest BCUT2D eigenvalue weighted by Crippen LogP contribution is -2.29. The summed E-state index contributed by atoms with van der Waals surface area (Å²) < 4.78 is 5.17. The van der Waals surface area contributed by atoms with Crippen molar-refractivity contribution in [3.8, 4) is 5.75 Å². The standard InChI is InChI=1S/C21H20ClN5OS/c1-28-17-8-6-14(7-9-17)11-23-21(29)26-20-24-18(22)10-19(25-20)27-12-15-4-2-3-5-16(15)13-27/h2-10H,11-13H2,1H3,(H2,23,24,25,26,29). The molecule has 2 aromatic carbocycles. The van der Waals surface area contributed by atoms with Crippen LogP contribution < -0.4 is 20.3 Å². The van der Waals surface area contributed by atoms with Crippen molar-refractivity contribution in [2.45, 2.75) is 19.6 Å². The molecule has 6 nitrogen and oxygen atoms in total. The summed E-state index contributed by atoms with van der Waals surface area (Å²) >= 11 is 11.6. The zero-order chi connectivity index (χ0) is 20.2. The molecule has 0 fully saturated rings. The fourth-order valence-corrected chi connectivity index (χ4v) is 3.53. The number of anilines is 2. The van der Waals surface area contributed by atoms with Crippen molar-refractivity contribution in [1.82, 2.24) is 15.3 Å². The van der Waals surface area contributed by atoms with Crippen molar-refractivity contribution < 1.29 is 4.74 Å². The summed E-state index contributed by atoms with van der Waals surface area (Å²) in [5.74, 6) is 1.95. The van der Waals surface area contributed by atoms with Crippen molar-refractivity contribution >= 4 is 40.7 Å². The summed E-state index contributed by atoms with van der Waals surface area (Å²) in [5.41, 5.74) is 3.68. The maximum atomic E-state index is 6.23. The highest BCUT2D eigenvalue weighted by molar-refractivity contribution is 7.80. The first kappa shape index (κ1) is 19.4. The van der Waals surface area contributed by atoms with E-state index in [1.807, 2.05) is 24.3 Å². The topological polar surface area (TPSA) is 62.3 Å². The first-order valence-corrected chi connectivity index (χ1v) is 9.93. The van der Waals surface area contributed by atoms with Crippen LogP contribution in [-0.2, 0) is 19.6 Å². The number of hydrogen-bond acceptors (Lipinski definition) is 5. The van der Waals surface area contributed by atoms with Crippen LogP contribution in [0.15, 0.2) is 54.6 Å². The first-order valence-electron chi connectivity index (χ1n) is 9.15. The van der Waals surface area contributed by atoms with E-state index in [0.29, 0.717) is 22.8 Å². The van der Waals surface area contributed by atoms with Crippen molar-refractivity contribution in [3.05, 3.63) is 76.4 Å². The maximum absolute atomic E-state index is 6.23. The Kier molecular flexibility index (Phi) is 5.78. The number of nitrogens with zero attached hydrogens (tertiary/aromatic N) is 3. The molecule has 0 atom stereocenters. The van der Waals surface area contributed by atoms with Crippen LogP contribution >= 0.6 is 23.8 Å². The minimum atomic E-state index is 0.367. The number of halogens is 1. The van der Waals surface area contributed by atoms with Gasteiger partial charge in [-0.25, -0.2) is 4.98 Å². The molecule has 1 aromatic heterocycles. The smallest absolute Gasteiger partial charge is 0.232 e. The molecule has 2 heterocycles. The number of hydrogen-bond donors (Lipinski definition) is 2. The Balaban J connectivity index is 1.39. The summed E-state index contributed by atoms with van der Waals surface area (Å²) in [6.45, 7) is 2.16. The summed E-state index contributed by atoms with van der Waals surface area (Å²) in [6, 6.07) is 17.9. The molecule has 148 valence electrons. The molecule has 3 aromatic rings. The second-order valence-corrected chi connectivity index (χ2v) is 7.45. The second kappa shape index (κ2) is 8.63. The Morgan fingerprint density at radius 1 is 1.10 bits per heavy atom. The van der Waals surface area contributed by atoms with Crippen LogP contribution in [0.25, 0.3) is 0 Å². The van der Waals surface area contributed by atoms with Crippen LogP contribution in [0.4, 0.5) is 11.8 Å². The normalized spacial score (nSPS) is 12.4. The SMILES string of the molecule is COc1ccc(CNC(=S)Nc2nc(Cl)cc(N3Cc4ccccc4C3)n2)cc1. The minimum Gasteiger partial charge on any atom is -0.497 e. The van der Waals surface area contributed by atoms with Gasteiger partial charge >= 0.3 is 0 Å². The number of rotatable bonds is 5. The van der Waals surface area contributed by atoms with E-state index in [2.05, 4.69) is 49.8 Å². The first-order chi connectivity index (χ1) is 14.1. The Morgan fingerprint density at radius 3 is 2.45 bits per heavy atom. The van der Waals surface area contributed by atoms with E-state index in [9.17, 15) is 0 Å². The monoisotopic (exact) mass is 425 g/mol. The van der Waals surface area contributed by atoms with Crippen molar-refractivity contribution in [1.29, 1.82) is 0 Å². The van der Waals surface area contributed by atoms with Crippen LogP contribution in [0.5, 0.6) is 5.75 Å². The van der Waals surface area contributed by atoms with Gasteiger partial charge in [-0.3, -0.25) is 0 Å². The van der Waals surface area contributed by atoms with Crippen LogP contribution in [-0.4, -0.2) is 22.2 Å². The lowest BCUT2D eigenvalue weighted by Gasteiger charge is -2.18. The van der Waals surface area contributed by atoms with Crippen LogP contribution in [0.3, 0.4) is 0 Å². The number of nitrogens with one attached hydrogen (secondary N) is 2. The van der Waals surface area contributed by atoms with E-state index in [-0.39, 0.29) is 0 Å². The quantitative estimate of drug-likeness (QED) is 0.470. The van der Waals surface area contributed by atoms with Gasteiger partial charge in [-0.15, -0.1) is 0 Å². The van der Waals surface area contributed by atoms with Gasteiger partial charge in [0.05, 0.1) is 7.11 Å². The highest BCUT2D eigenvalue weighted by atomic mass is 35.5. The van der Waals surface area contributed by atoms with E-state index in [4.69, 9.17) is 28.6 Å². The molecule has 0 saturated carbocycles. The Hall–Kier alpha value is -2.90. The van der Waals surface area contributed by atoms with Gasteiger partial charge < -0.3 is 20.3 Å². The van der Waals surface area contributed by atoms with E-state index < -0.39 is 0 Å². The predicted molar refractivity (Wildman–Crippen MR) is 119 cm³/mol. The zero-order valence-electron chi connectivity index (χ0n) is 15.9. The molecule has 0 saturated heterocycles. The number of methoxy groups -OCH3 is 1. The second-order valence-electron chi connectivity index (χ2n) is 6.65. The molecule has 1 aliphatic rings. The van der Waals surface area contributed by atoms with E-state index in [0.717, 1.165) is 30.2 Å². The number of ether oxygens (including phenoxy) is 1. The van der Waals surface area contributed by atoms with Crippen LogP contribution in [0, 0.1) is 0 Å². The molecule has 0 bridgehead atoms. The van der Waals surface area contributed by atoms with E-state index in [1.165, 1.54) is 11.1 Å². The van der Waals surface area contributed by atoms with Gasteiger partial charge in [0.2, 0.25) is 5.95 Å². The van der Waals surface area contributed by atoms with Gasteiger partial charge in [0.25, 0.3) is 0 Å². The average Bonchev–Trinajstić information content (AvgIpc) is 3.17. The molecule has 1 aliphatic heterocycles. The van der Waals surface area contributed by atoms with Crippen LogP contribution in [0.1, 0.15) is 16.7 Å². The third-order valence-electron chi connectivity index (χ3n) is 4.68. The Bertz CT molecular complexity index is 1000. The summed E-state index contributed by atoms with van der Waals surface area (Å²) in [4.78, 5) is 11.0. The van der Waals surface area contributed by atoms with Gasteiger partial charge in [-0.1, -0.05) is 48.0 Å². The molecule has 8 heteroatoms. The number of aromatic nitrogens is 2. The highest BCUT2D eigenvalue weighted by Gasteiger charge is 2.20. The summed E-state index contributed by atoms with van der Waals surface area (Å²) in [5, 5.41) is 6.97. The fourth-order valence-electron chi connectivity index (χ4n) is 3.19. The molecule has 4 rings (SSSR count). The van der Waals surface area contributed by atoms with Gasteiger partial charge in [-0.05, 0) is 41.0 Å². The van der Waals surface area contributed by atoms with E-state index >= 15 is 0 Å². The van der Waals surface area contributed by atoms with Gasteiger partial charge in [0.15, 0.2) is 5.11 Å². The zero-order valence-corrected chi connectivity index (χ0v) is 17.4. The Morgan fingerprint density at radius 2 is 1.79 bits per heavy atom. The number of thiocarbonyl (C=S) groups is 1. The Labute approximate surface area is 179 Å². The van der Waals surface area contributed by atoms with Gasteiger partial charge in [0, 0.05) is 25.7 Å². The molecule has 0 spiro atoms. The third kappa shape index (κ3) is 4.75. The number of benzene rings is 2. The molecule has 0 amide bonds. The molecule has 0 aliphatic carbocycles. The number of fused-ring (bicyclic) bond motifs is 1. The largest absolute Gasteiger partial charge is 0.497 e. The third-order valence-corrected chi connectivity index (χ3v) is 5.12. The molecule has 29 heavy (non-hydrogen) atoms. The predicted octanol–water partition coefficient (Wildman–Crippen LogP) is 4.15. The molecule has 0 radical (unpaired) electrons. The lowest BCUT2D eigenvalue weighted by molar-refractivity contribution is 0.414. The molecular weight excluding hydrogens is 406 g/mol. The fraction of sp³-hybridized carbons (Fsp3) is 0.190. The van der Waals surface area contributed by atoms with Gasteiger partial charge in [-0.2, -0.15) is 4.98 Å². The molecule has 2 N–H and O–H groups in total. The average molecular weight is 426 g/mol. The maximum Gasteiger partial charge on any atom is 0.232 e. The van der Waals surface area contributed by atoms with Crippen molar-refractivity contribution in [2.75, 3.05) is 17.3 Å². The lowest BCUT2D eigenvalue weighted by atomic mass is 10.1. The summed E-state index contributed by atoms with van der Waals surface area (Å²) in [6.07, 6.45) is 0. The van der Waals surface area contributed by atoms with Crippen molar-refractivity contribution in [3.63, 3.8) is 0 Å². The summed E-state index contributed by atoms with van der Waals surface area (Å²) in [7, 11) is 1.65. The van der Waals surface area contributed by atoms with Crippen LogP contribution in [0.2, 0.25) is 5.15 Å². The highest BCUT2D eigenvalue weighted by Crippen LogP contribution is 2.28.